The van der Waals surface area contributed by atoms with E-state index in [1.165, 1.54) is 44.5 Å². The Morgan fingerprint density at radius 3 is 2.94 bits per heavy atom. The van der Waals surface area contributed by atoms with Crippen molar-refractivity contribution < 1.29 is 0 Å². The molecule has 0 amide bonds. The number of hydrogen-bond acceptors (Lipinski definition) is 2. The summed E-state index contributed by atoms with van der Waals surface area (Å²) >= 11 is 0. The van der Waals surface area contributed by atoms with Crippen molar-refractivity contribution in [2.45, 2.75) is 37.6 Å². The van der Waals surface area contributed by atoms with Crippen LogP contribution in [0.5, 0.6) is 0 Å². The van der Waals surface area contributed by atoms with Crippen LogP contribution in [0.15, 0.2) is 18.2 Å². The van der Waals surface area contributed by atoms with Crippen molar-refractivity contribution in [3.8, 4) is 0 Å². The molecule has 2 nitrogen and oxygen atoms in total. The van der Waals surface area contributed by atoms with E-state index in [1.54, 1.807) is 11.1 Å². The normalized spacial score (nSPS) is 31.3. The smallest absolute Gasteiger partial charge is 0.0378 e. The Morgan fingerprint density at radius 2 is 2.06 bits per heavy atom. The van der Waals surface area contributed by atoms with Crippen LogP contribution >= 0.6 is 0 Å². The van der Waals surface area contributed by atoms with Crippen molar-refractivity contribution in [3.63, 3.8) is 0 Å². The van der Waals surface area contributed by atoms with Crippen LogP contribution in [-0.4, -0.2) is 24.5 Å². The maximum atomic E-state index is 3.57. The van der Waals surface area contributed by atoms with E-state index in [0.29, 0.717) is 0 Å². The van der Waals surface area contributed by atoms with Crippen LogP contribution in [0.3, 0.4) is 0 Å². The SMILES string of the molecule is c1cc2c3c(c1)C(N1CCCC1)CC3CCN2. The molecular weight excluding hydrogens is 208 g/mol. The van der Waals surface area contributed by atoms with Gasteiger partial charge in [-0.15, -0.1) is 0 Å². The molecular formula is C15H20N2. The van der Waals surface area contributed by atoms with Gasteiger partial charge in [0.2, 0.25) is 0 Å². The van der Waals surface area contributed by atoms with E-state index < -0.39 is 0 Å². The minimum Gasteiger partial charge on any atom is -0.385 e. The quantitative estimate of drug-likeness (QED) is 0.794. The average molecular weight is 228 g/mol. The fourth-order valence-corrected chi connectivity index (χ4v) is 4.04. The number of rotatable bonds is 1. The molecule has 17 heavy (non-hydrogen) atoms. The summed E-state index contributed by atoms with van der Waals surface area (Å²) < 4.78 is 0. The number of benzene rings is 1. The van der Waals surface area contributed by atoms with Crippen LogP contribution in [0.2, 0.25) is 0 Å². The molecule has 0 spiro atoms. The zero-order chi connectivity index (χ0) is 11.2. The number of likely N-dealkylation sites (tertiary alicyclic amines) is 1. The first-order valence-electron chi connectivity index (χ1n) is 7.04. The minimum absolute atomic E-state index is 0.720. The molecule has 2 aliphatic heterocycles. The first-order valence-corrected chi connectivity index (χ1v) is 7.04. The highest BCUT2D eigenvalue weighted by molar-refractivity contribution is 5.61. The van der Waals surface area contributed by atoms with Crippen LogP contribution in [0.1, 0.15) is 48.8 Å². The summed E-state index contributed by atoms with van der Waals surface area (Å²) in [4.78, 5) is 2.72. The Kier molecular flexibility index (Phi) is 2.19. The van der Waals surface area contributed by atoms with E-state index in [4.69, 9.17) is 0 Å². The molecule has 2 heteroatoms. The third kappa shape index (κ3) is 1.43. The Balaban J connectivity index is 1.76. The third-order valence-electron chi connectivity index (χ3n) is 4.80. The Bertz CT molecular complexity index is 435. The van der Waals surface area contributed by atoms with Gasteiger partial charge in [0.05, 0.1) is 0 Å². The summed E-state index contributed by atoms with van der Waals surface area (Å²) in [5.41, 5.74) is 4.69. The fraction of sp³-hybridized carbons (Fsp3) is 0.600. The maximum Gasteiger partial charge on any atom is 0.0378 e. The van der Waals surface area contributed by atoms with Gasteiger partial charge in [-0.2, -0.15) is 0 Å². The second-order valence-electron chi connectivity index (χ2n) is 5.72. The lowest BCUT2D eigenvalue weighted by Gasteiger charge is -2.24. The summed E-state index contributed by atoms with van der Waals surface area (Å²) in [6, 6.07) is 7.58. The van der Waals surface area contributed by atoms with Gasteiger partial charge in [-0.3, -0.25) is 4.90 Å². The Labute approximate surface area is 103 Å². The van der Waals surface area contributed by atoms with Crippen molar-refractivity contribution in [2.75, 3.05) is 25.0 Å². The number of hydrogen-bond donors (Lipinski definition) is 1. The molecule has 90 valence electrons. The molecule has 1 aliphatic carbocycles. The molecule has 2 heterocycles. The van der Waals surface area contributed by atoms with Gasteiger partial charge in [-0.05, 0) is 61.9 Å². The highest BCUT2D eigenvalue weighted by Gasteiger charge is 2.37. The van der Waals surface area contributed by atoms with Gasteiger partial charge in [-0.25, -0.2) is 0 Å². The van der Waals surface area contributed by atoms with E-state index in [-0.39, 0.29) is 0 Å². The Morgan fingerprint density at radius 1 is 1.18 bits per heavy atom. The van der Waals surface area contributed by atoms with E-state index in [2.05, 4.69) is 28.4 Å². The molecule has 2 unspecified atom stereocenters. The largest absolute Gasteiger partial charge is 0.385 e. The molecule has 4 rings (SSSR count). The standard InChI is InChI=1S/C15H20N2/c1-2-9-17(8-1)14-10-11-6-7-16-13-5-3-4-12(14)15(11)13/h3-5,11,14,16H,1-2,6-10H2. The highest BCUT2D eigenvalue weighted by Crippen LogP contribution is 2.50. The lowest BCUT2D eigenvalue weighted by Crippen LogP contribution is -2.23. The van der Waals surface area contributed by atoms with E-state index in [9.17, 15) is 0 Å². The minimum atomic E-state index is 0.720. The summed E-state index contributed by atoms with van der Waals surface area (Å²) in [6.45, 7) is 3.79. The molecule has 1 aromatic carbocycles. The topological polar surface area (TPSA) is 15.3 Å². The predicted molar refractivity (Wildman–Crippen MR) is 70.5 cm³/mol. The lowest BCUT2D eigenvalue weighted by atomic mass is 9.93. The maximum absolute atomic E-state index is 3.57. The first-order chi connectivity index (χ1) is 8.43. The zero-order valence-corrected chi connectivity index (χ0v) is 10.3. The molecule has 3 aliphatic rings. The monoisotopic (exact) mass is 228 g/mol. The van der Waals surface area contributed by atoms with E-state index in [0.717, 1.165) is 18.5 Å². The molecule has 0 saturated carbocycles. The van der Waals surface area contributed by atoms with Crippen molar-refractivity contribution in [2.24, 2.45) is 0 Å². The molecule has 1 saturated heterocycles. The van der Waals surface area contributed by atoms with Crippen molar-refractivity contribution >= 4 is 5.69 Å². The molecule has 1 N–H and O–H groups in total. The number of nitrogens with one attached hydrogen (secondary N) is 1. The summed E-state index contributed by atoms with van der Waals surface area (Å²) in [5.74, 6) is 0.827. The van der Waals surface area contributed by atoms with Crippen LogP contribution in [0.25, 0.3) is 0 Å². The van der Waals surface area contributed by atoms with Gasteiger partial charge in [0.1, 0.15) is 0 Å². The van der Waals surface area contributed by atoms with Crippen LogP contribution in [-0.2, 0) is 0 Å². The van der Waals surface area contributed by atoms with Gasteiger partial charge >= 0.3 is 0 Å². The van der Waals surface area contributed by atoms with Gasteiger partial charge in [0, 0.05) is 18.3 Å². The molecule has 0 bridgehead atoms. The third-order valence-corrected chi connectivity index (χ3v) is 4.80. The van der Waals surface area contributed by atoms with Crippen LogP contribution in [0.4, 0.5) is 5.69 Å². The van der Waals surface area contributed by atoms with Gasteiger partial charge in [0.15, 0.2) is 0 Å². The van der Waals surface area contributed by atoms with Gasteiger partial charge in [0.25, 0.3) is 0 Å². The lowest BCUT2D eigenvalue weighted by molar-refractivity contribution is 0.237. The van der Waals surface area contributed by atoms with Crippen molar-refractivity contribution in [3.05, 3.63) is 29.3 Å². The van der Waals surface area contributed by atoms with Crippen molar-refractivity contribution in [1.82, 2.24) is 4.90 Å². The predicted octanol–water partition coefficient (Wildman–Crippen LogP) is 3.13. The van der Waals surface area contributed by atoms with Gasteiger partial charge in [-0.1, -0.05) is 12.1 Å². The Hall–Kier alpha value is -1.02. The van der Waals surface area contributed by atoms with Crippen LogP contribution in [0, 0.1) is 0 Å². The number of anilines is 1. The first kappa shape index (κ1) is 9.95. The molecule has 0 radical (unpaired) electrons. The molecule has 1 aromatic rings. The second-order valence-corrected chi connectivity index (χ2v) is 5.72. The summed E-state index contributed by atoms with van der Waals surface area (Å²) in [5, 5.41) is 3.57. The highest BCUT2D eigenvalue weighted by atomic mass is 15.2. The second kappa shape index (κ2) is 3.74. The molecule has 0 aromatic heterocycles. The summed E-state index contributed by atoms with van der Waals surface area (Å²) in [7, 11) is 0. The van der Waals surface area contributed by atoms with Crippen LogP contribution < -0.4 is 5.32 Å². The van der Waals surface area contributed by atoms with Crippen molar-refractivity contribution in [1.29, 1.82) is 0 Å². The average Bonchev–Trinajstić information content (AvgIpc) is 2.98. The van der Waals surface area contributed by atoms with E-state index >= 15 is 0 Å². The number of nitrogens with zero attached hydrogens (tertiary/aromatic N) is 1. The van der Waals surface area contributed by atoms with Gasteiger partial charge < -0.3 is 5.32 Å². The summed E-state index contributed by atoms with van der Waals surface area (Å²) in [6.07, 6.45) is 5.49. The molecule has 1 fully saturated rings. The zero-order valence-electron chi connectivity index (χ0n) is 10.3. The van der Waals surface area contributed by atoms with E-state index in [1.807, 2.05) is 0 Å². The molecule has 2 atom stereocenters. The fourth-order valence-electron chi connectivity index (χ4n) is 4.04.